The van der Waals surface area contributed by atoms with Gasteiger partial charge >= 0.3 is 0 Å². The second kappa shape index (κ2) is 6.01. The highest BCUT2D eigenvalue weighted by Crippen LogP contribution is 2.28. The van der Waals surface area contributed by atoms with Crippen molar-refractivity contribution in [2.24, 2.45) is 11.8 Å². The van der Waals surface area contributed by atoms with E-state index in [1.807, 2.05) is 0 Å². The molecule has 0 spiro atoms. The predicted molar refractivity (Wildman–Crippen MR) is 76.9 cm³/mol. The van der Waals surface area contributed by atoms with Crippen LogP contribution >= 0.6 is 15.9 Å². The van der Waals surface area contributed by atoms with E-state index in [1.54, 1.807) is 0 Å². The zero-order valence-corrected chi connectivity index (χ0v) is 12.3. The highest BCUT2D eigenvalue weighted by molar-refractivity contribution is 9.10. The third-order valence-corrected chi connectivity index (χ3v) is 4.44. The molecule has 0 radical (unpaired) electrons. The van der Waals surface area contributed by atoms with E-state index >= 15 is 0 Å². The Bertz CT molecular complexity index is 346. The molecule has 1 fully saturated rings. The predicted octanol–water partition coefficient (Wildman–Crippen LogP) is 4.36. The summed E-state index contributed by atoms with van der Waals surface area (Å²) >= 11 is 3.47. The van der Waals surface area contributed by atoms with Gasteiger partial charge in [-0.2, -0.15) is 0 Å². The van der Waals surface area contributed by atoms with Crippen molar-refractivity contribution in [2.75, 3.05) is 0 Å². The monoisotopic (exact) mass is 295 g/mol. The summed E-state index contributed by atoms with van der Waals surface area (Å²) in [5.41, 5.74) is 1.37. The van der Waals surface area contributed by atoms with E-state index in [2.05, 4.69) is 59.4 Å². The lowest BCUT2D eigenvalue weighted by Crippen LogP contribution is -2.38. The molecule has 94 valence electrons. The number of hydrogen-bond donors (Lipinski definition) is 1. The zero-order valence-electron chi connectivity index (χ0n) is 10.7. The van der Waals surface area contributed by atoms with Gasteiger partial charge in [-0.1, -0.05) is 41.9 Å². The molecule has 17 heavy (non-hydrogen) atoms. The van der Waals surface area contributed by atoms with Crippen molar-refractivity contribution in [1.29, 1.82) is 0 Å². The molecule has 1 nitrogen and oxygen atoms in total. The lowest BCUT2D eigenvalue weighted by molar-refractivity contribution is 0.227. The molecule has 0 heterocycles. The van der Waals surface area contributed by atoms with Gasteiger partial charge in [0, 0.05) is 17.1 Å². The minimum atomic E-state index is 0.704. The normalized spacial score (nSPS) is 29.2. The summed E-state index contributed by atoms with van der Waals surface area (Å²) in [5, 5.41) is 3.71. The second-order valence-electron chi connectivity index (χ2n) is 5.51. The Hall–Kier alpha value is -0.340. The molecule has 1 aromatic carbocycles. The Morgan fingerprint density at radius 1 is 1.18 bits per heavy atom. The first-order valence-corrected chi connectivity index (χ1v) is 7.42. The van der Waals surface area contributed by atoms with Crippen molar-refractivity contribution in [3.63, 3.8) is 0 Å². The Kier molecular flexibility index (Phi) is 4.63. The molecular formula is C15H22BrN. The van der Waals surface area contributed by atoms with Crippen LogP contribution < -0.4 is 5.32 Å². The second-order valence-corrected chi connectivity index (χ2v) is 6.43. The summed E-state index contributed by atoms with van der Waals surface area (Å²) in [6.07, 6.45) is 4.08. The highest BCUT2D eigenvalue weighted by atomic mass is 79.9. The number of rotatable bonds is 3. The molecule has 3 atom stereocenters. The fraction of sp³-hybridized carbons (Fsp3) is 0.600. The zero-order chi connectivity index (χ0) is 12.3. The number of nitrogens with one attached hydrogen (secondary N) is 1. The van der Waals surface area contributed by atoms with Gasteiger partial charge in [0.25, 0.3) is 0 Å². The summed E-state index contributed by atoms with van der Waals surface area (Å²) < 4.78 is 1.15. The first-order valence-electron chi connectivity index (χ1n) is 6.63. The van der Waals surface area contributed by atoms with Crippen LogP contribution in [0.4, 0.5) is 0 Å². The number of halogens is 1. The van der Waals surface area contributed by atoms with Gasteiger partial charge in [-0.05, 0) is 48.8 Å². The molecule has 1 aliphatic rings. The van der Waals surface area contributed by atoms with Gasteiger partial charge < -0.3 is 5.32 Å². The van der Waals surface area contributed by atoms with Gasteiger partial charge in [0.05, 0.1) is 0 Å². The van der Waals surface area contributed by atoms with Crippen LogP contribution in [0.3, 0.4) is 0 Å². The molecule has 0 amide bonds. The van der Waals surface area contributed by atoms with Gasteiger partial charge in [0.1, 0.15) is 0 Å². The van der Waals surface area contributed by atoms with Gasteiger partial charge in [0.2, 0.25) is 0 Å². The van der Waals surface area contributed by atoms with Gasteiger partial charge in [-0.25, -0.2) is 0 Å². The van der Waals surface area contributed by atoms with Crippen molar-refractivity contribution in [3.8, 4) is 0 Å². The summed E-state index contributed by atoms with van der Waals surface area (Å²) in [7, 11) is 0. The molecule has 1 aliphatic carbocycles. The quantitative estimate of drug-likeness (QED) is 0.873. The van der Waals surface area contributed by atoms with Crippen LogP contribution in [0, 0.1) is 11.8 Å². The van der Waals surface area contributed by atoms with Crippen molar-refractivity contribution >= 4 is 15.9 Å². The maximum atomic E-state index is 3.71. The summed E-state index contributed by atoms with van der Waals surface area (Å²) in [6.45, 7) is 5.76. The molecule has 2 heteroatoms. The fourth-order valence-electron chi connectivity index (χ4n) is 2.82. The van der Waals surface area contributed by atoms with E-state index in [0.717, 1.165) is 22.9 Å². The number of benzene rings is 1. The molecule has 0 saturated heterocycles. The smallest absolute Gasteiger partial charge is 0.0208 e. The van der Waals surface area contributed by atoms with Crippen LogP contribution in [0.1, 0.15) is 38.7 Å². The lowest BCUT2D eigenvalue weighted by Gasteiger charge is -2.33. The summed E-state index contributed by atoms with van der Waals surface area (Å²) in [5.74, 6) is 1.73. The van der Waals surface area contributed by atoms with Crippen molar-refractivity contribution < 1.29 is 0 Å². The van der Waals surface area contributed by atoms with Crippen molar-refractivity contribution in [1.82, 2.24) is 5.32 Å². The Balaban J connectivity index is 1.83. The average Bonchev–Trinajstić information content (AvgIpc) is 2.30. The van der Waals surface area contributed by atoms with E-state index in [4.69, 9.17) is 0 Å². The molecule has 1 saturated carbocycles. The third-order valence-electron chi connectivity index (χ3n) is 3.91. The van der Waals surface area contributed by atoms with Crippen molar-refractivity contribution in [3.05, 3.63) is 34.3 Å². The molecule has 3 unspecified atom stereocenters. The van der Waals surface area contributed by atoms with Crippen LogP contribution in [0.25, 0.3) is 0 Å². The van der Waals surface area contributed by atoms with E-state index in [9.17, 15) is 0 Å². The van der Waals surface area contributed by atoms with E-state index in [0.29, 0.717) is 6.04 Å². The molecule has 0 aliphatic heterocycles. The van der Waals surface area contributed by atoms with E-state index < -0.39 is 0 Å². The molecule has 1 N–H and O–H groups in total. The number of hydrogen-bond acceptors (Lipinski definition) is 1. The molecular weight excluding hydrogens is 274 g/mol. The molecule has 0 bridgehead atoms. The summed E-state index contributed by atoms with van der Waals surface area (Å²) in [4.78, 5) is 0. The first kappa shape index (κ1) is 13.1. The van der Waals surface area contributed by atoms with Crippen molar-refractivity contribution in [2.45, 2.75) is 45.7 Å². The maximum Gasteiger partial charge on any atom is 0.0208 e. The standard InChI is InChI=1S/C15H22BrN/c1-11-3-8-15(12(2)9-11)17-10-13-4-6-14(16)7-5-13/h4-7,11-12,15,17H,3,8-10H2,1-2H3. The largest absolute Gasteiger partial charge is 0.310 e. The molecule has 2 rings (SSSR count). The topological polar surface area (TPSA) is 12.0 Å². The average molecular weight is 296 g/mol. The van der Waals surface area contributed by atoms with Crippen LogP contribution in [0.5, 0.6) is 0 Å². The molecule has 1 aromatic rings. The Labute approximate surface area is 113 Å². The first-order chi connectivity index (χ1) is 8.15. The molecule has 0 aromatic heterocycles. The summed E-state index contributed by atoms with van der Waals surface area (Å²) in [6, 6.07) is 9.31. The van der Waals surface area contributed by atoms with Gasteiger partial charge in [-0.15, -0.1) is 0 Å². The lowest BCUT2D eigenvalue weighted by atomic mass is 9.80. The van der Waals surface area contributed by atoms with Crippen LogP contribution in [-0.2, 0) is 6.54 Å². The maximum absolute atomic E-state index is 3.71. The van der Waals surface area contributed by atoms with E-state index in [-0.39, 0.29) is 0 Å². The van der Waals surface area contributed by atoms with E-state index in [1.165, 1.54) is 24.8 Å². The minimum absolute atomic E-state index is 0.704. The fourth-order valence-corrected chi connectivity index (χ4v) is 3.08. The van der Waals surface area contributed by atoms with Crippen LogP contribution in [0.2, 0.25) is 0 Å². The van der Waals surface area contributed by atoms with Gasteiger partial charge in [0.15, 0.2) is 0 Å². The Morgan fingerprint density at radius 3 is 2.53 bits per heavy atom. The highest BCUT2D eigenvalue weighted by Gasteiger charge is 2.24. The Morgan fingerprint density at radius 2 is 1.88 bits per heavy atom. The van der Waals surface area contributed by atoms with Crippen LogP contribution in [-0.4, -0.2) is 6.04 Å². The third kappa shape index (κ3) is 3.82. The van der Waals surface area contributed by atoms with Crippen LogP contribution in [0.15, 0.2) is 28.7 Å². The minimum Gasteiger partial charge on any atom is -0.310 e. The van der Waals surface area contributed by atoms with Gasteiger partial charge in [-0.3, -0.25) is 0 Å². The SMILES string of the molecule is CC1CCC(NCc2ccc(Br)cc2)C(C)C1.